The highest BCUT2D eigenvalue weighted by molar-refractivity contribution is 6.39. The van der Waals surface area contributed by atoms with Gasteiger partial charge >= 0.3 is 6.03 Å². The van der Waals surface area contributed by atoms with E-state index >= 15 is 0 Å². The lowest BCUT2D eigenvalue weighted by Gasteiger charge is -2.26. The fraction of sp³-hybridized carbons (Fsp3) is 0.0385. The fourth-order valence-corrected chi connectivity index (χ4v) is 3.94. The Balaban J connectivity index is 1.57. The molecular weight excluding hydrogens is 421 g/mol. The number of hydrogen-bond donors (Lipinski definition) is 1. The highest BCUT2D eigenvalue weighted by atomic mass is 19.1. The van der Waals surface area contributed by atoms with E-state index in [0.29, 0.717) is 12.1 Å². The second kappa shape index (κ2) is 8.20. The molecule has 4 aromatic rings. The third-order valence-electron chi connectivity index (χ3n) is 5.50. The van der Waals surface area contributed by atoms with Crippen molar-refractivity contribution in [3.8, 4) is 0 Å². The molecule has 0 radical (unpaired) electrons. The number of barbiturate groups is 1. The Hall–Kier alpha value is -4.52. The summed E-state index contributed by atoms with van der Waals surface area (Å²) in [5.74, 6) is -2.04. The van der Waals surface area contributed by atoms with Crippen LogP contribution in [0.25, 0.3) is 17.0 Å². The van der Waals surface area contributed by atoms with Crippen LogP contribution in [-0.2, 0) is 16.1 Å². The molecular formula is C26H18FN3O3. The molecule has 2 heterocycles. The van der Waals surface area contributed by atoms with Crippen LogP contribution in [0.4, 0.5) is 14.9 Å². The number of amides is 4. The lowest BCUT2D eigenvalue weighted by Crippen LogP contribution is -2.54. The zero-order valence-corrected chi connectivity index (χ0v) is 17.4. The van der Waals surface area contributed by atoms with E-state index in [9.17, 15) is 18.8 Å². The normalized spacial score (nSPS) is 15.4. The van der Waals surface area contributed by atoms with Gasteiger partial charge in [-0.1, -0.05) is 48.5 Å². The molecule has 6 nitrogen and oxygen atoms in total. The monoisotopic (exact) mass is 439 g/mol. The first-order valence-electron chi connectivity index (χ1n) is 10.3. The number of nitrogens with zero attached hydrogens (tertiary/aromatic N) is 2. The molecule has 1 aliphatic rings. The van der Waals surface area contributed by atoms with Crippen molar-refractivity contribution in [2.45, 2.75) is 6.54 Å². The molecule has 1 saturated heterocycles. The first-order valence-corrected chi connectivity index (χ1v) is 10.3. The lowest BCUT2D eigenvalue weighted by molar-refractivity contribution is -0.122. The van der Waals surface area contributed by atoms with Crippen molar-refractivity contribution in [2.75, 3.05) is 4.90 Å². The molecule has 7 heteroatoms. The average molecular weight is 439 g/mol. The van der Waals surface area contributed by atoms with E-state index in [2.05, 4.69) is 5.32 Å². The van der Waals surface area contributed by atoms with Crippen LogP contribution in [0.5, 0.6) is 0 Å². The number of benzene rings is 3. The number of urea groups is 1. The van der Waals surface area contributed by atoms with Gasteiger partial charge in [-0.3, -0.25) is 14.9 Å². The molecule has 3 aromatic carbocycles. The van der Waals surface area contributed by atoms with Gasteiger partial charge in [0.15, 0.2) is 0 Å². The largest absolute Gasteiger partial charge is 0.342 e. The number of para-hydroxylation sites is 1. The van der Waals surface area contributed by atoms with Gasteiger partial charge < -0.3 is 4.57 Å². The van der Waals surface area contributed by atoms with Crippen LogP contribution in [0, 0.1) is 5.82 Å². The summed E-state index contributed by atoms with van der Waals surface area (Å²) >= 11 is 0. The molecule has 162 valence electrons. The Morgan fingerprint density at radius 1 is 0.848 bits per heavy atom. The maximum atomic E-state index is 13.3. The van der Waals surface area contributed by atoms with E-state index in [1.807, 2.05) is 65.4 Å². The highest BCUT2D eigenvalue weighted by Gasteiger charge is 2.37. The summed E-state index contributed by atoms with van der Waals surface area (Å²) in [4.78, 5) is 38.9. The predicted octanol–water partition coefficient (Wildman–Crippen LogP) is 4.50. The SMILES string of the molecule is O=C1NC(=O)N(c2ccc(F)cc2)C(=O)C1=Cc1cn(Cc2ccccc2)c2ccccc12. The Morgan fingerprint density at radius 2 is 1.55 bits per heavy atom. The molecule has 1 fully saturated rings. The summed E-state index contributed by atoms with van der Waals surface area (Å²) < 4.78 is 15.4. The van der Waals surface area contributed by atoms with Gasteiger partial charge in [-0.15, -0.1) is 0 Å². The van der Waals surface area contributed by atoms with E-state index in [1.165, 1.54) is 18.2 Å². The molecule has 1 aliphatic heterocycles. The van der Waals surface area contributed by atoms with Crippen molar-refractivity contribution in [1.82, 2.24) is 9.88 Å². The smallest absolute Gasteiger partial charge is 0.335 e. The van der Waals surface area contributed by atoms with E-state index in [-0.39, 0.29) is 11.3 Å². The number of hydrogen-bond acceptors (Lipinski definition) is 3. The van der Waals surface area contributed by atoms with Crippen molar-refractivity contribution in [3.05, 3.63) is 108 Å². The third kappa shape index (κ3) is 3.80. The number of imide groups is 2. The van der Waals surface area contributed by atoms with E-state index < -0.39 is 23.7 Å². The summed E-state index contributed by atoms with van der Waals surface area (Å²) in [6.45, 7) is 0.616. The molecule has 0 atom stereocenters. The van der Waals surface area contributed by atoms with Gasteiger partial charge in [0.2, 0.25) is 0 Å². The highest BCUT2D eigenvalue weighted by Crippen LogP contribution is 2.27. The van der Waals surface area contributed by atoms with Gasteiger partial charge in [0, 0.05) is 29.2 Å². The van der Waals surface area contributed by atoms with Crippen LogP contribution in [0.1, 0.15) is 11.1 Å². The fourth-order valence-electron chi connectivity index (χ4n) is 3.94. The molecule has 1 N–H and O–H groups in total. The molecule has 0 spiro atoms. The predicted molar refractivity (Wildman–Crippen MR) is 123 cm³/mol. The second-order valence-electron chi connectivity index (χ2n) is 7.65. The topological polar surface area (TPSA) is 71.4 Å². The minimum absolute atomic E-state index is 0.170. The number of carbonyl (C=O) groups is 3. The molecule has 0 bridgehead atoms. The van der Waals surface area contributed by atoms with Crippen LogP contribution >= 0.6 is 0 Å². The van der Waals surface area contributed by atoms with Gasteiger partial charge in [-0.05, 0) is 42.0 Å². The summed E-state index contributed by atoms with van der Waals surface area (Å²) in [5.41, 5.74) is 2.72. The van der Waals surface area contributed by atoms with Crippen LogP contribution < -0.4 is 10.2 Å². The number of rotatable bonds is 4. The zero-order valence-electron chi connectivity index (χ0n) is 17.4. The van der Waals surface area contributed by atoms with Crippen LogP contribution in [0.15, 0.2) is 90.6 Å². The second-order valence-corrected chi connectivity index (χ2v) is 7.65. The van der Waals surface area contributed by atoms with Crippen LogP contribution in [0.3, 0.4) is 0 Å². The maximum absolute atomic E-state index is 13.3. The molecule has 1 aromatic heterocycles. The molecule has 4 amide bonds. The van der Waals surface area contributed by atoms with Crippen LogP contribution in [-0.4, -0.2) is 22.4 Å². The summed E-state index contributed by atoms with van der Waals surface area (Å²) in [7, 11) is 0. The lowest BCUT2D eigenvalue weighted by atomic mass is 10.1. The molecule has 0 unspecified atom stereocenters. The summed E-state index contributed by atoms with van der Waals surface area (Å²) in [5, 5.41) is 3.06. The Bertz CT molecular complexity index is 1420. The number of halogens is 1. The standard InChI is InChI=1S/C26H18FN3O3/c27-19-10-12-20(13-11-19)30-25(32)22(24(31)28-26(30)33)14-18-16-29(15-17-6-2-1-3-7-17)23-9-5-4-8-21(18)23/h1-14,16H,15H2,(H,28,31,33). The van der Waals surface area contributed by atoms with E-state index in [0.717, 1.165) is 33.5 Å². The minimum atomic E-state index is -0.875. The minimum Gasteiger partial charge on any atom is -0.342 e. The van der Waals surface area contributed by atoms with Crippen LogP contribution in [0.2, 0.25) is 0 Å². The number of aromatic nitrogens is 1. The average Bonchev–Trinajstić information content (AvgIpc) is 3.16. The molecule has 5 rings (SSSR count). The van der Waals surface area contributed by atoms with Crippen molar-refractivity contribution < 1.29 is 18.8 Å². The zero-order chi connectivity index (χ0) is 22.9. The Kier molecular flexibility index (Phi) is 5.06. The maximum Gasteiger partial charge on any atom is 0.335 e. The van der Waals surface area contributed by atoms with Crippen molar-refractivity contribution in [3.63, 3.8) is 0 Å². The molecule has 0 aliphatic carbocycles. The molecule has 0 saturated carbocycles. The van der Waals surface area contributed by atoms with Gasteiger partial charge in [0.1, 0.15) is 11.4 Å². The number of carbonyl (C=O) groups excluding carboxylic acids is 3. The van der Waals surface area contributed by atoms with Gasteiger partial charge in [0.25, 0.3) is 11.8 Å². The Labute approximate surface area is 188 Å². The number of fused-ring (bicyclic) bond motifs is 1. The first kappa shape index (κ1) is 20.4. The van der Waals surface area contributed by atoms with Crippen molar-refractivity contribution in [1.29, 1.82) is 0 Å². The van der Waals surface area contributed by atoms with E-state index in [4.69, 9.17) is 0 Å². The summed E-state index contributed by atoms with van der Waals surface area (Å²) in [6.07, 6.45) is 3.37. The Morgan fingerprint density at radius 3 is 2.30 bits per heavy atom. The first-order chi connectivity index (χ1) is 16.0. The van der Waals surface area contributed by atoms with Gasteiger partial charge in [-0.2, -0.15) is 0 Å². The number of anilines is 1. The van der Waals surface area contributed by atoms with Gasteiger partial charge in [-0.25, -0.2) is 14.1 Å². The quantitative estimate of drug-likeness (QED) is 0.376. The van der Waals surface area contributed by atoms with Crippen molar-refractivity contribution in [2.24, 2.45) is 0 Å². The number of nitrogens with one attached hydrogen (secondary N) is 1. The molecule has 33 heavy (non-hydrogen) atoms. The van der Waals surface area contributed by atoms with E-state index in [1.54, 1.807) is 0 Å². The van der Waals surface area contributed by atoms with Crippen molar-refractivity contribution >= 4 is 40.5 Å². The summed E-state index contributed by atoms with van der Waals surface area (Å²) in [6, 6.07) is 21.7. The third-order valence-corrected chi connectivity index (χ3v) is 5.50. The van der Waals surface area contributed by atoms with Gasteiger partial charge in [0.05, 0.1) is 5.69 Å².